The Labute approximate surface area is 189 Å². The third-order valence-corrected chi connectivity index (χ3v) is 6.03. The van der Waals surface area contributed by atoms with E-state index in [1.807, 2.05) is 37.3 Å². The third kappa shape index (κ3) is 4.33. The van der Waals surface area contributed by atoms with Gasteiger partial charge in [-0.1, -0.05) is 54.3 Å². The van der Waals surface area contributed by atoms with Crippen LogP contribution in [0.5, 0.6) is 0 Å². The summed E-state index contributed by atoms with van der Waals surface area (Å²) in [5.74, 6) is 0.664. The van der Waals surface area contributed by atoms with Crippen molar-refractivity contribution in [2.45, 2.75) is 13.8 Å². The van der Waals surface area contributed by atoms with Crippen LogP contribution in [0, 0.1) is 6.92 Å². The number of thiocarbonyl (C=S) groups is 1. The van der Waals surface area contributed by atoms with E-state index in [-0.39, 0.29) is 11.9 Å². The number of benzene rings is 2. The molecular weight excluding hydrogens is 430 g/mol. The van der Waals surface area contributed by atoms with Crippen molar-refractivity contribution in [3.63, 3.8) is 0 Å². The topological polar surface area (TPSA) is 59.8 Å². The second-order valence-electron chi connectivity index (χ2n) is 6.80. The van der Waals surface area contributed by atoms with Gasteiger partial charge in [0.2, 0.25) is 0 Å². The molecule has 7 heteroatoms. The number of carbonyl (C=O) groups excluding carboxylic acids is 2. The molecule has 0 radical (unpaired) electrons. The first kappa shape index (κ1) is 21.1. The van der Waals surface area contributed by atoms with Gasteiger partial charge in [-0.15, -0.1) is 0 Å². The minimum Gasteiger partial charge on any atom is -0.462 e. The number of nitrogens with zero attached hydrogens (tertiary/aromatic N) is 1. The van der Waals surface area contributed by atoms with Gasteiger partial charge in [-0.25, -0.2) is 4.79 Å². The third-order valence-electron chi connectivity index (χ3n) is 4.73. The van der Waals surface area contributed by atoms with Crippen LogP contribution in [0.4, 0.5) is 5.69 Å². The minimum absolute atomic E-state index is 0.166. The Morgan fingerprint density at radius 1 is 1.13 bits per heavy atom. The standard InChI is InChI=1S/C24H19NO4S2/c1-3-28-23(27)17-10-8-16(9-11-17)20-13-12-18(29-20)14-21-22(26)25(24(30)31-21)19-7-5-4-6-15(19)2/h4-14H,3H2,1-2H3. The molecule has 1 saturated heterocycles. The van der Waals surface area contributed by atoms with E-state index in [0.717, 1.165) is 16.8 Å². The van der Waals surface area contributed by atoms with Crippen molar-refractivity contribution < 1.29 is 18.7 Å². The maximum atomic E-state index is 13.0. The van der Waals surface area contributed by atoms with Gasteiger partial charge in [0.05, 0.1) is 22.8 Å². The maximum Gasteiger partial charge on any atom is 0.338 e. The van der Waals surface area contributed by atoms with E-state index in [9.17, 15) is 9.59 Å². The normalized spacial score (nSPS) is 15.0. The molecule has 156 valence electrons. The van der Waals surface area contributed by atoms with Crippen molar-refractivity contribution in [1.82, 2.24) is 0 Å². The molecule has 1 aromatic heterocycles. The number of furan rings is 1. The van der Waals surface area contributed by atoms with Crippen LogP contribution < -0.4 is 4.90 Å². The molecule has 1 amide bonds. The summed E-state index contributed by atoms with van der Waals surface area (Å²) in [6.45, 7) is 4.05. The molecule has 0 bridgehead atoms. The predicted molar refractivity (Wildman–Crippen MR) is 127 cm³/mol. The van der Waals surface area contributed by atoms with Crippen LogP contribution in [-0.2, 0) is 9.53 Å². The Hall–Kier alpha value is -3.16. The van der Waals surface area contributed by atoms with Gasteiger partial charge >= 0.3 is 5.97 Å². The van der Waals surface area contributed by atoms with Gasteiger partial charge in [-0.2, -0.15) is 0 Å². The van der Waals surface area contributed by atoms with Crippen LogP contribution in [0.1, 0.15) is 28.6 Å². The Balaban J connectivity index is 1.55. The number of ether oxygens (including phenoxy) is 1. The van der Waals surface area contributed by atoms with Gasteiger partial charge in [0.15, 0.2) is 4.32 Å². The van der Waals surface area contributed by atoms with E-state index >= 15 is 0 Å². The summed E-state index contributed by atoms with van der Waals surface area (Å²) in [4.78, 5) is 26.8. The molecule has 0 unspecified atom stereocenters. The number of carbonyl (C=O) groups is 2. The number of anilines is 1. The number of esters is 1. The van der Waals surface area contributed by atoms with Crippen molar-refractivity contribution in [1.29, 1.82) is 0 Å². The van der Waals surface area contributed by atoms with Crippen LogP contribution in [0.25, 0.3) is 17.4 Å². The summed E-state index contributed by atoms with van der Waals surface area (Å²) in [6.07, 6.45) is 1.70. The van der Waals surface area contributed by atoms with Crippen LogP contribution in [0.2, 0.25) is 0 Å². The Morgan fingerprint density at radius 2 is 1.87 bits per heavy atom. The fraction of sp³-hybridized carbons (Fsp3) is 0.125. The quantitative estimate of drug-likeness (QED) is 0.277. The van der Waals surface area contributed by atoms with E-state index in [1.165, 1.54) is 11.8 Å². The highest BCUT2D eigenvalue weighted by Gasteiger charge is 2.34. The number of aryl methyl sites for hydroxylation is 1. The van der Waals surface area contributed by atoms with E-state index in [4.69, 9.17) is 21.4 Å². The van der Waals surface area contributed by atoms with Crippen molar-refractivity contribution in [3.8, 4) is 11.3 Å². The zero-order valence-corrected chi connectivity index (χ0v) is 18.6. The molecule has 2 heterocycles. The van der Waals surface area contributed by atoms with Crippen LogP contribution in [0.3, 0.4) is 0 Å². The lowest BCUT2D eigenvalue weighted by Crippen LogP contribution is -2.28. The molecular formula is C24H19NO4S2. The van der Waals surface area contributed by atoms with Gasteiger partial charge in [0.1, 0.15) is 11.5 Å². The molecule has 1 aliphatic rings. The monoisotopic (exact) mass is 449 g/mol. The van der Waals surface area contributed by atoms with Gasteiger partial charge in [-0.05, 0) is 49.7 Å². The molecule has 4 rings (SSSR count). The number of para-hydroxylation sites is 1. The Kier molecular flexibility index (Phi) is 6.06. The molecule has 0 aliphatic carbocycles. The summed E-state index contributed by atoms with van der Waals surface area (Å²) >= 11 is 6.70. The van der Waals surface area contributed by atoms with Crippen LogP contribution >= 0.6 is 24.0 Å². The molecule has 0 saturated carbocycles. The lowest BCUT2D eigenvalue weighted by atomic mass is 10.1. The zero-order chi connectivity index (χ0) is 22.0. The predicted octanol–water partition coefficient (Wildman–Crippen LogP) is 5.84. The van der Waals surface area contributed by atoms with Crippen LogP contribution in [0.15, 0.2) is 70.0 Å². The summed E-state index contributed by atoms with van der Waals surface area (Å²) in [7, 11) is 0. The average molecular weight is 450 g/mol. The second kappa shape index (κ2) is 8.91. The molecule has 1 fully saturated rings. The summed E-state index contributed by atoms with van der Waals surface area (Å²) in [5, 5.41) is 0. The lowest BCUT2D eigenvalue weighted by Gasteiger charge is -2.16. The van der Waals surface area contributed by atoms with Gasteiger partial charge in [0, 0.05) is 11.6 Å². The lowest BCUT2D eigenvalue weighted by molar-refractivity contribution is -0.113. The average Bonchev–Trinajstić information content (AvgIpc) is 3.34. The van der Waals surface area contributed by atoms with Crippen molar-refractivity contribution in [3.05, 3.63) is 82.5 Å². The highest BCUT2D eigenvalue weighted by atomic mass is 32.2. The fourth-order valence-corrected chi connectivity index (χ4v) is 4.45. The highest BCUT2D eigenvalue weighted by Crippen LogP contribution is 2.37. The molecule has 0 N–H and O–H groups in total. The molecule has 0 atom stereocenters. The Morgan fingerprint density at radius 3 is 2.58 bits per heavy atom. The number of rotatable bonds is 5. The van der Waals surface area contributed by atoms with Crippen molar-refractivity contribution in [2.75, 3.05) is 11.5 Å². The molecule has 5 nitrogen and oxygen atoms in total. The van der Waals surface area contributed by atoms with Gasteiger partial charge in [-0.3, -0.25) is 9.69 Å². The van der Waals surface area contributed by atoms with E-state index in [0.29, 0.717) is 32.9 Å². The first-order chi connectivity index (χ1) is 15.0. The number of amides is 1. The maximum absolute atomic E-state index is 13.0. The van der Waals surface area contributed by atoms with Crippen molar-refractivity contribution in [2.24, 2.45) is 0 Å². The highest BCUT2D eigenvalue weighted by molar-refractivity contribution is 8.27. The van der Waals surface area contributed by atoms with Crippen LogP contribution in [-0.4, -0.2) is 22.8 Å². The van der Waals surface area contributed by atoms with Crippen molar-refractivity contribution >= 4 is 51.9 Å². The zero-order valence-electron chi connectivity index (χ0n) is 17.0. The SMILES string of the molecule is CCOC(=O)c1ccc(-c2ccc(C=C3SC(=S)N(c4ccccc4C)C3=O)o2)cc1. The molecule has 1 aliphatic heterocycles. The summed E-state index contributed by atoms with van der Waals surface area (Å²) in [5.41, 5.74) is 3.07. The fourth-order valence-electron chi connectivity index (χ4n) is 3.19. The number of hydrogen-bond acceptors (Lipinski definition) is 6. The summed E-state index contributed by atoms with van der Waals surface area (Å²) < 4.78 is 11.4. The van der Waals surface area contributed by atoms with Gasteiger partial charge in [0.25, 0.3) is 5.91 Å². The molecule has 2 aromatic carbocycles. The molecule has 0 spiro atoms. The number of thioether (sulfide) groups is 1. The minimum atomic E-state index is -0.357. The molecule has 31 heavy (non-hydrogen) atoms. The smallest absolute Gasteiger partial charge is 0.338 e. The largest absolute Gasteiger partial charge is 0.462 e. The second-order valence-corrected chi connectivity index (χ2v) is 8.48. The Bertz CT molecular complexity index is 1190. The first-order valence-corrected chi connectivity index (χ1v) is 10.9. The molecule has 3 aromatic rings. The summed E-state index contributed by atoms with van der Waals surface area (Å²) in [6, 6.07) is 18.3. The van der Waals surface area contributed by atoms with E-state index < -0.39 is 0 Å². The van der Waals surface area contributed by atoms with E-state index in [2.05, 4.69) is 0 Å². The van der Waals surface area contributed by atoms with Gasteiger partial charge < -0.3 is 9.15 Å². The first-order valence-electron chi connectivity index (χ1n) is 9.69. The van der Waals surface area contributed by atoms with E-state index in [1.54, 1.807) is 48.2 Å². The number of hydrogen-bond donors (Lipinski definition) is 0.